The zero-order valence-electron chi connectivity index (χ0n) is 7.21. The second kappa shape index (κ2) is 2.89. The molecule has 0 aliphatic heterocycles. The predicted molar refractivity (Wildman–Crippen MR) is 55.9 cm³/mol. The largest absolute Gasteiger partial charge is 0.399 e. The van der Waals surface area contributed by atoms with Gasteiger partial charge in [-0.05, 0) is 36.1 Å². The molecule has 66 valence electrons. The van der Waals surface area contributed by atoms with Gasteiger partial charge in [0.25, 0.3) is 0 Å². The van der Waals surface area contributed by atoms with E-state index in [1.165, 1.54) is 0 Å². The molecule has 0 radical (unpaired) electrons. The molecule has 0 unspecified atom stereocenters. The number of nitrogen functional groups attached to an aromatic ring is 1. The fourth-order valence-corrected chi connectivity index (χ4v) is 1.57. The normalized spacial score (nSPS) is 10.6. The van der Waals surface area contributed by atoms with E-state index in [0.717, 1.165) is 22.0 Å². The molecule has 2 N–H and O–H groups in total. The molecule has 3 heteroatoms. The molecule has 0 atom stereocenters. The molecule has 0 amide bonds. The molecule has 13 heavy (non-hydrogen) atoms. The summed E-state index contributed by atoms with van der Waals surface area (Å²) in [6, 6.07) is 5.64. The Morgan fingerprint density at radius 1 is 1.31 bits per heavy atom. The monoisotopic (exact) mass is 192 g/mol. The zero-order valence-corrected chi connectivity index (χ0v) is 7.97. The fourth-order valence-electron chi connectivity index (χ4n) is 1.36. The maximum Gasteiger partial charge on any atom is 0.136 e. The van der Waals surface area contributed by atoms with E-state index < -0.39 is 0 Å². The number of aromatic nitrogens is 1. The molecule has 0 spiro atoms. The van der Waals surface area contributed by atoms with Crippen LogP contribution in [-0.4, -0.2) is 4.98 Å². The molecule has 0 fully saturated rings. The Labute approximate surface area is 81.3 Å². The number of fused-ring (bicyclic) bond motifs is 1. The Bertz CT molecular complexity index is 466. The number of anilines is 1. The lowest BCUT2D eigenvalue weighted by Crippen LogP contribution is -1.88. The Kier molecular flexibility index (Phi) is 1.85. The van der Waals surface area contributed by atoms with E-state index in [1.54, 1.807) is 6.20 Å². The van der Waals surface area contributed by atoms with Crippen molar-refractivity contribution in [2.75, 3.05) is 5.73 Å². The van der Waals surface area contributed by atoms with Crippen LogP contribution in [0.25, 0.3) is 10.8 Å². The van der Waals surface area contributed by atoms with Crippen LogP contribution in [0.4, 0.5) is 5.69 Å². The van der Waals surface area contributed by atoms with Gasteiger partial charge in [-0.25, -0.2) is 4.98 Å². The summed E-state index contributed by atoms with van der Waals surface area (Å²) in [5, 5.41) is 2.55. The van der Waals surface area contributed by atoms with Gasteiger partial charge in [0.1, 0.15) is 5.15 Å². The average molecular weight is 193 g/mol. The van der Waals surface area contributed by atoms with Gasteiger partial charge >= 0.3 is 0 Å². The fraction of sp³-hybridized carbons (Fsp3) is 0.100. The van der Waals surface area contributed by atoms with Crippen LogP contribution >= 0.6 is 11.6 Å². The molecule has 0 aliphatic carbocycles. The van der Waals surface area contributed by atoms with E-state index >= 15 is 0 Å². The molecule has 2 rings (SSSR count). The van der Waals surface area contributed by atoms with Gasteiger partial charge in [0.15, 0.2) is 0 Å². The Morgan fingerprint density at radius 3 is 2.85 bits per heavy atom. The summed E-state index contributed by atoms with van der Waals surface area (Å²) in [7, 11) is 0. The number of hydrogen-bond donors (Lipinski definition) is 1. The summed E-state index contributed by atoms with van der Waals surface area (Å²) >= 11 is 5.93. The van der Waals surface area contributed by atoms with Gasteiger partial charge < -0.3 is 5.73 Å². The lowest BCUT2D eigenvalue weighted by molar-refractivity contribution is 1.31. The number of hydrogen-bond acceptors (Lipinski definition) is 2. The maximum absolute atomic E-state index is 5.93. The Morgan fingerprint density at radius 2 is 2.08 bits per heavy atom. The standard InChI is InChI=1S/C10H9ClN2/c1-6-5-13-10(11)8-3-2-7(12)4-9(6)8/h2-5H,12H2,1H3. The first kappa shape index (κ1) is 8.32. The third kappa shape index (κ3) is 1.33. The molecular weight excluding hydrogens is 184 g/mol. The van der Waals surface area contributed by atoms with Crippen LogP contribution in [-0.2, 0) is 0 Å². The van der Waals surface area contributed by atoms with E-state index in [1.807, 2.05) is 25.1 Å². The van der Waals surface area contributed by atoms with Crippen LogP contribution in [0.1, 0.15) is 5.56 Å². The topological polar surface area (TPSA) is 38.9 Å². The van der Waals surface area contributed by atoms with Crippen molar-refractivity contribution in [1.29, 1.82) is 0 Å². The van der Waals surface area contributed by atoms with Gasteiger partial charge in [0.05, 0.1) is 0 Å². The molecule has 1 aromatic carbocycles. The SMILES string of the molecule is Cc1cnc(Cl)c2ccc(N)cc12. The molecule has 1 heterocycles. The summed E-state index contributed by atoms with van der Waals surface area (Å²) in [4.78, 5) is 4.06. The van der Waals surface area contributed by atoms with Crippen LogP contribution in [0.3, 0.4) is 0 Å². The van der Waals surface area contributed by atoms with E-state index in [-0.39, 0.29) is 0 Å². The number of rotatable bonds is 0. The minimum atomic E-state index is 0.528. The molecule has 0 bridgehead atoms. The molecule has 0 saturated carbocycles. The molecule has 0 saturated heterocycles. The van der Waals surface area contributed by atoms with Gasteiger partial charge in [-0.15, -0.1) is 0 Å². The molecule has 2 nitrogen and oxygen atoms in total. The highest BCUT2D eigenvalue weighted by Gasteiger charge is 2.02. The summed E-state index contributed by atoms with van der Waals surface area (Å²) < 4.78 is 0. The zero-order chi connectivity index (χ0) is 9.42. The van der Waals surface area contributed by atoms with Crippen molar-refractivity contribution < 1.29 is 0 Å². The van der Waals surface area contributed by atoms with Crippen LogP contribution < -0.4 is 5.73 Å². The second-order valence-corrected chi connectivity index (χ2v) is 3.40. The Hall–Kier alpha value is -1.28. The van der Waals surface area contributed by atoms with Gasteiger partial charge in [0.2, 0.25) is 0 Å². The van der Waals surface area contributed by atoms with Gasteiger partial charge in [0, 0.05) is 17.3 Å². The van der Waals surface area contributed by atoms with Crippen molar-refractivity contribution in [3.05, 3.63) is 35.1 Å². The summed E-state index contributed by atoms with van der Waals surface area (Å²) in [6.45, 7) is 1.99. The number of pyridine rings is 1. The molecule has 1 aromatic heterocycles. The van der Waals surface area contributed by atoms with Crippen molar-refractivity contribution >= 4 is 28.1 Å². The lowest BCUT2D eigenvalue weighted by atomic mass is 10.1. The van der Waals surface area contributed by atoms with E-state index in [0.29, 0.717) is 5.15 Å². The maximum atomic E-state index is 5.93. The number of nitrogens with zero attached hydrogens (tertiary/aromatic N) is 1. The quantitative estimate of drug-likeness (QED) is 0.515. The van der Waals surface area contributed by atoms with Gasteiger partial charge in [-0.2, -0.15) is 0 Å². The minimum absolute atomic E-state index is 0.528. The molecule has 0 aliphatic rings. The van der Waals surface area contributed by atoms with Crippen LogP contribution in [0.15, 0.2) is 24.4 Å². The predicted octanol–water partition coefficient (Wildman–Crippen LogP) is 2.78. The summed E-state index contributed by atoms with van der Waals surface area (Å²) in [5.41, 5.74) is 7.52. The highest BCUT2D eigenvalue weighted by Crippen LogP contribution is 2.25. The van der Waals surface area contributed by atoms with Crippen molar-refractivity contribution in [3.8, 4) is 0 Å². The lowest BCUT2D eigenvalue weighted by Gasteiger charge is -2.03. The Balaban J connectivity index is 2.92. The first-order valence-corrected chi connectivity index (χ1v) is 4.36. The molecular formula is C10H9ClN2. The highest BCUT2D eigenvalue weighted by molar-refractivity contribution is 6.34. The third-order valence-electron chi connectivity index (χ3n) is 2.06. The van der Waals surface area contributed by atoms with Crippen LogP contribution in [0.2, 0.25) is 5.15 Å². The van der Waals surface area contributed by atoms with Crippen molar-refractivity contribution in [2.24, 2.45) is 0 Å². The average Bonchev–Trinajstić information content (AvgIpc) is 2.12. The van der Waals surface area contributed by atoms with E-state index in [9.17, 15) is 0 Å². The summed E-state index contributed by atoms with van der Waals surface area (Å²) in [6.07, 6.45) is 1.75. The van der Waals surface area contributed by atoms with Crippen LogP contribution in [0.5, 0.6) is 0 Å². The van der Waals surface area contributed by atoms with Crippen molar-refractivity contribution in [1.82, 2.24) is 4.98 Å². The second-order valence-electron chi connectivity index (χ2n) is 3.04. The molecule has 2 aromatic rings. The number of halogens is 1. The highest BCUT2D eigenvalue weighted by atomic mass is 35.5. The third-order valence-corrected chi connectivity index (χ3v) is 2.36. The first-order chi connectivity index (χ1) is 6.18. The summed E-state index contributed by atoms with van der Waals surface area (Å²) in [5.74, 6) is 0. The minimum Gasteiger partial charge on any atom is -0.399 e. The number of nitrogens with two attached hydrogens (primary N) is 1. The van der Waals surface area contributed by atoms with E-state index in [2.05, 4.69) is 4.98 Å². The van der Waals surface area contributed by atoms with Crippen molar-refractivity contribution in [2.45, 2.75) is 6.92 Å². The van der Waals surface area contributed by atoms with E-state index in [4.69, 9.17) is 17.3 Å². The number of benzene rings is 1. The van der Waals surface area contributed by atoms with Gasteiger partial charge in [-0.3, -0.25) is 0 Å². The van der Waals surface area contributed by atoms with Crippen LogP contribution in [0, 0.1) is 6.92 Å². The smallest absolute Gasteiger partial charge is 0.136 e. The van der Waals surface area contributed by atoms with Gasteiger partial charge in [-0.1, -0.05) is 11.6 Å². The number of aryl methyl sites for hydroxylation is 1. The first-order valence-electron chi connectivity index (χ1n) is 3.99. The van der Waals surface area contributed by atoms with Crippen molar-refractivity contribution in [3.63, 3.8) is 0 Å².